The van der Waals surface area contributed by atoms with E-state index >= 15 is 0 Å². The summed E-state index contributed by atoms with van der Waals surface area (Å²) in [5, 5.41) is 10.3. The van der Waals surface area contributed by atoms with Gasteiger partial charge >= 0.3 is 6.18 Å². The summed E-state index contributed by atoms with van der Waals surface area (Å²) in [6, 6.07) is 7.89. The van der Waals surface area contributed by atoms with Crippen LogP contribution in [0, 0.1) is 0 Å². The third-order valence-corrected chi connectivity index (χ3v) is 2.84. The molecule has 1 atom stereocenters. The molecule has 2 aromatic rings. The molecule has 0 saturated heterocycles. The van der Waals surface area contributed by atoms with Crippen LogP contribution < -0.4 is 5.32 Å². The lowest BCUT2D eigenvalue weighted by Gasteiger charge is -2.20. The van der Waals surface area contributed by atoms with E-state index in [1.54, 1.807) is 41.2 Å². The molecular weight excluding hydrogens is 269 g/mol. The van der Waals surface area contributed by atoms with E-state index in [4.69, 9.17) is 0 Å². The van der Waals surface area contributed by atoms with Crippen molar-refractivity contribution in [3.8, 4) is 0 Å². The zero-order valence-electron chi connectivity index (χ0n) is 10.7. The first-order valence-corrected chi connectivity index (χ1v) is 6.24. The van der Waals surface area contributed by atoms with Crippen LogP contribution in [0.2, 0.25) is 0 Å². The van der Waals surface area contributed by atoms with Gasteiger partial charge in [0.1, 0.15) is 0 Å². The molecule has 0 bridgehead atoms. The fourth-order valence-corrected chi connectivity index (χ4v) is 1.93. The topological polar surface area (TPSA) is 42.7 Å². The standard InChI is InChI=1S/C13H15F3N4/c14-13(15,16)10-12(11-4-2-1-3-5-11)17-6-8-20-9-7-18-19-20/h1-5,7,9,12,17H,6,8,10H2. The molecule has 0 radical (unpaired) electrons. The summed E-state index contributed by atoms with van der Waals surface area (Å²) in [5.74, 6) is 0. The number of hydrogen-bond donors (Lipinski definition) is 1. The first kappa shape index (κ1) is 14.5. The third kappa shape index (κ3) is 4.65. The number of benzene rings is 1. The van der Waals surface area contributed by atoms with E-state index in [1.165, 1.54) is 6.20 Å². The highest BCUT2D eigenvalue weighted by atomic mass is 19.4. The van der Waals surface area contributed by atoms with Gasteiger partial charge < -0.3 is 5.32 Å². The Balaban J connectivity index is 1.96. The first-order valence-electron chi connectivity index (χ1n) is 6.24. The van der Waals surface area contributed by atoms with Crippen LogP contribution in [0.25, 0.3) is 0 Å². The highest BCUT2D eigenvalue weighted by Gasteiger charge is 2.32. The summed E-state index contributed by atoms with van der Waals surface area (Å²) in [7, 11) is 0. The Bertz CT molecular complexity index is 496. The second-order valence-corrected chi connectivity index (χ2v) is 4.40. The lowest BCUT2D eigenvalue weighted by Crippen LogP contribution is -2.29. The van der Waals surface area contributed by atoms with Crippen molar-refractivity contribution in [2.24, 2.45) is 0 Å². The molecule has 1 N–H and O–H groups in total. The van der Waals surface area contributed by atoms with Gasteiger partial charge in [-0.1, -0.05) is 35.5 Å². The van der Waals surface area contributed by atoms with E-state index in [9.17, 15) is 13.2 Å². The van der Waals surface area contributed by atoms with Gasteiger partial charge in [-0.05, 0) is 5.56 Å². The zero-order chi connectivity index (χ0) is 14.4. The van der Waals surface area contributed by atoms with E-state index < -0.39 is 18.6 Å². The molecule has 0 aliphatic carbocycles. The van der Waals surface area contributed by atoms with Crippen LogP contribution in [-0.2, 0) is 6.54 Å². The van der Waals surface area contributed by atoms with Gasteiger partial charge in [0.2, 0.25) is 0 Å². The molecule has 0 amide bonds. The summed E-state index contributed by atoms with van der Waals surface area (Å²) in [6.07, 6.45) is -1.90. The lowest BCUT2D eigenvalue weighted by atomic mass is 10.0. The van der Waals surface area contributed by atoms with E-state index in [2.05, 4.69) is 15.6 Å². The number of hydrogen-bond acceptors (Lipinski definition) is 3. The Morgan fingerprint density at radius 3 is 2.55 bits per heavy atom. The molecule has 1 heterocycles. The summed E-state index contributed by atoms with van der Waals surface area (Å²) in [5.41, 5.74) is 0.628. The Labute approximate surface area is 114 Å². The Hall–Kier alpha value is -1.89. The van der Waals surface area contributed by atoms with E-state index in [0.717, 1.165) is 0 Å². The van der Waals surface area contributed by atoms with Gasteiger partial charge in [-0.2, -0.15) is 13.2 Å². The number of aromatic nitrogens is 3. The molecule has 20 heavy (non-hydrogen) atoms. The minimum absolute atomic E-state index is 0.388. The smallest absolute Gasteiger partial charge is 0.308 e. The van der Waals surface area contributed by atoms with Gasteiger partial charge in [0.05, 0.1) is 19.2 Å². The predicted molar refractivity (Wildman–Crippen MR) is 67.9 cm³/mol. The molecule has 1 aromatic heterocycles. The molecule has 1 aromatic carbocycles. The van der Waals surface area contributed by atoms with E-state index in [1.807, 2.05) is 0 Å². The minimum atomic E-state index is -4.21. The SMILES string of the molecule is FC(F)(F)CC(NCCn1ccnn1)c1ccccc1. The minimum Gasteiger partial charge on any atom is -0.308 e. The normalized spacial score (nSPS) is 13.3. The Kier molecular flexibility index (Phi) is 4.73. The fraction of sp³-hybridized carbons (Fsp3) is 0.385. The summed E-state index contributed by atoms with van der Waals surface area (Å²) < 4.78 is 39.4. The average molecular weight is 284 g/mol. The van der Waals surface area contributed by atoms with Crippen molar-refractivity contribution >= 4 is 0 Å². The fourth-order valence-electron chi connectivity index (χ4n) is 1.93. The van der Waals surface area contributed by atoms with Crippen LogP contribution in [-0.4, -0.2) is 27.7 Å². The van der Waals surface area contributed by atoms with E-state index in [-0.39, 0.29) is 0 Å². The molecule has 0 aliphatic rings. The van der Waals surface area contributed by atoms with Crippen molar-refractivity contribution in [2.75, 3.05) is 6.54 Å². The molecule has 4 nitrogen and oxygen atoms in total. The molecule has 1 unspecified atom stereocenters. The van der Waals surface area contributed by atoms with Crippen LogP contribution in [0.3, 0.4) is 0 Å². The van der Waals surface area contributed by atoms with Gasteiger partial charge in [-0.25, -0.2) is 0 Å². The molecule has 0 aliphatic heterocycles. The molecule has 0 saturated carbocycles. The van der Waals surface area contributed by atoms with Crippen molar-refractivity contribution in [2.45, 2.75) is 25.2 Å². The van der Waals surface area contributed by atoms with Crippen LogP contribution >= 0.6 is 0 Å². The van der Waals surface area contributed by atoms with Gasteiger partial charge in [0.25, 0.3) is 0 Å². The van der Waals surface area contributed by atoms with Crippen molar-refractivity contribution in [1.82, 2.24) is 20.3 Å². The predicted octanol–water partition coefficient (Wildman–Crippen LogP) is 2.56. The zero-order valence-corrected chi connectivity index (χ0v) is 10.7. The summed E-state index contributed by atoms with van der Waals surface area (Å²) >= 11 is 0. The lowest BCUT2D eigenvalue weighted by molar-refractivity contribution is -0.140. The highest BCUT2D eigenvalue weighted by molar-refractivity contribution is 5.19. The first-order chi connectivity index (χ1) is 9.54. The maximum Gasteiger partial charge on any atom is 0.390 e. The van der Waals surface area contributed by atoms with Crippen LogP contribution in [0.5, 0.6) is 0 Å². The largest absolute Gasteiger partial charge is 0.390 e. The van der Waals surface area contributed by atoms with Crippen molar-refractivity contribution in [3.05, 3.63) is 48.3 Å². The van der Waals surface area contributed by atoms with Crippen LogP contribution in [0.15, 0.2) is 42.7 Å². The van der Waals surface area contributed by atoms with E-state index in [0.29, 0.717) is 18.7 Å². The van der Waals surface area contributed by atoms with Gasteiger partial charge in [0.15, 0.2) is 0 Å². The average Bonchev–Trinajstić information content (AvgIpc) is 2.90. The molecule has 0 fully saturated rings. The molecule has 7 heteroatoms. The number of alkyl halides is 3. The molecule has 2 rings (SSSR count). The van der Waals surface area contributed by atoms with Crippen molar-refractivity contribution < 1.29 is 13.2 Å². The van der Waals surface area contributed by atoms with Gasteiger partial charge in [0, 0.05) is 18.8 Å². The maximum absolute atomic E-state index is 12.6. The highest BCUT2D eigenvalue weighted by Crippen LogP contribution is 2.29. The second-order valence-electron chi connectivity index (χ2n) is 4.40. The molecular formula is C13H15F3N4. The third-order valence-electron chi connectivity index (χ3n) is 2.84. The quantitative estimate of drug-likeness (QED) is 0.886. The second kappa shape index (κ2) is 6.51. The number of rotatable bonds is 6. The van der Waals surface area contributed by atoms with Crippen molar-refractivity contribution in [1.29, 1.82) is 0 Å². The Morgan fingerprint density at radius 1 is 1.20 bits per heavy atom. The maximum atomic E-state index is 12.6. The van der Waals surface area contributed by atoms with Crippen molar-refractivity contribution in [3.63, 3.8) is 0 Å². The number of halogens is 3. The number of nitrogens with one attached hydrogen (secondary N) is 1. The molecule has 0 spiro atoms. The van der Waals surface area contributed by atoms with Crippen LogP contribution in [0.4, 0.5) is 13.2 Å². The van der Waals surface area contributed by atoms with Crippen LogP contribution in [0.1, 0.15) is 18.0 Å². The summed E-state index contributed by atoms with van der Waals surface area (Å²) in [4.78, 5) is 0. The van der Waals surface area contributed by atoms with Gasteiger partial charge in [-0.3, -0.25) is 4.68 Å². The monoisotopic (exact) mass is 284 g/mol. The van der Waals surface area contributed by atoms with Gasteiger partial charge in [-0.15, -0.1) is 5.10 Å². The molecule has 108 valence electrons. The Morgan fingerprint density at radius 2 is 1.95 bits per heavy atom. The number of nitrogens with zero attached hydrogens (tertiary/aromatic N) is 3. The summed E-state index contributed by atoms with van der Waals surface area (Å²) in [6.45, 7) is 0.861.